The lowest BCUT2D eigenvalue weighted by atomic mass is 10.00. The number of halogens is 2. The first-order valence-electron chi connectivity index (χ1n) is 6.04. The van der Waals surface area contributed by atoms with Crippen LogP contribution in [0.4, 0.5) is 0 Å². The SMILES string of the molecule is Cc1ccc(Br)cc1[C@H](CO)N1CCNCC1.Cl. The van der Waals surface area contributed by atoms with E-state index >= 15 is 0 Å². The minimum atomic E-state index is 0. The summed E-state index contributed by atoms with van der Waals surface area (Å²) in [5.74, 6) is 0. The second-order valence-electron chi connectivity index (χ2n) is 4.49. The molecule has 2 rings (SSSR count). The minimum absolute atomic E-state index is 0. The van der Waals surface area contributed by atoms with E-state index in [9.17, 15) is 5.11 Å². The zero-order chi connectivity index (χ0) is 12.3. The molecule has 2 N–H and O–H groups in total. The Morgan fingerprint density at radius 3 is 2.67 bits per heavy atom. The molecule has 0 saturated carbocycles. The summed E-state index contributed by atoms with van der Waals surface area (Å²) in [6.07, 6.45) is 0. The van der Waals surface area contributed by atoms with Crippen molar-refractivity contribution >= 4 is 28.3 Å². The highest BCUT2D eigenvalue weighted by atomic mass is 79.9. The fourth-order valence-electron chi connectivity index (χ4n) is 2.37. The highest BCUT2D eigenvalue weighted by Crippen LogP contribution is 2.26. The van der Waals surface area contributed by atoms with Crippen LogP contribution in [-0.4, -0.2) is 42.8 Å². The molecule has 5 heteroatoms. The number of aliphatic hydroxyl groups is 1. The summed E-state index contributed by atoms with van der Waals surface area (Å²) in [4.78, 5) is 2.35. The van der Waals surface area contributed by atoms with Gasteiger partial charge in [0.15, 0.2) is 0 Å². The molecule has 0 aliphatic carbocycles. The van der Waals surface area contributed by atoms with Crippen molar-refractivity contribution < 1.29 is 5.11 Å². The van der Waals surface area contributed by atoms with Crippen LogP contribution in [0.15, 0.2) is 22.7 Å². The first kappa shape index (κ1) is 15.9. The van der Waals surface area contributed by atoms with E-state index in [2.05, 4.69) is 45.2 Å². The molecule has 1 aliphatic heterocycles. The Morgan fingerprint density at radius 1 is 1.39 bits per heavy atom. The maximum absolute atomic E-state index is 9.67. The summed E-state index contributed by atoms with van der Waals surface area (Å²) in [6, 6.07) is 6.39. The van der Waals surface area contributed by atoms with Crippen LogP contribution in [0.2, 0.25) is 0 Å². The third-order valence-corrected chi connectivity index (χ3v) is 3.86. The number of aryl methyl sites for hydroxylation is 1. The predicted octanol–water partition coefficient (Wildman–Crippen LogP) is 2.12. The number of hydrogen-bond donors (Lipinski definition) is 2. The molecule has 18 heavy (non-hydrogen) atoms. The Balaban J connectivity index is 0.00000162. The molecule has 1 heterocycles. The van der Waals surface area contributed by atoms with Crippen molar-refractivity contribution in [1.82, 2.24) is 10.2 Å². The highest BCUT2D eigenvalue weighted by molar-refractivity contribution is 9.10. The largest absolute Gasteiger partial charge is 0.394 e. The van der Waals surface area contributed by atoms with E-state index in [0.717, 1.165) is 30.7 Å². The summed E-state index contributed by atoms with van der Waals surface area (Å²) < 4.78 is 1.08. The molecule has 1 saturated heterocycles. The van der Waals surface area contributed by atoms with Crippen LogP contribution in [0.5, 0.6) is 0 Å². The smallest absolute Gasteiger partial charge is 0.0628 e. The molecule has 0 amide bonds. The second kappa shape index (κ2) is 7.46. The van der Waals surface area contributed by atoms with Crippen LogP contribution in [0.3, 0.4) is 0 Å². The van der Waals surface area contributed by atoms with E-state index in [1.54, 1.807) is 0 Å². The van der Waals surface area contributed by atoms with Crippen molar-refractivity contribution in [2.75, 3.05) is 32.8 Å². The quantitative estimate of drug-likeness (QED) is 0.888. The van der Waals surface area contributed by atoms with Gasteiger partial charge in [-0.25, -0.2) is 0 Å². The van der Waals surface area contributed by atoms with Crippen LogP contribution in [0, 0.1) is 6.92 Å². The van der Waals surface area contributed by atoms with Crippen LogP contribution < -0.4 is 5.32 Å². The molecule has 0 spiro atoms. The van der Waals surface area contributed by atoms with Crippen LogP contribution >= 0.6 is 28.3 Å². The molecule has 102 valence electrons. The molecule has 1 aromatic carbocycles. The summed E-state index contributed by atoms with van der Waals surface area (Å²) in [6.45, 7) is 6.28. The van der Waals surface area contributed by atoms with Gasteiger partial charge in [-0.15, -0.1) is 12.4 Å². The first-order valence-corrected chi connectivity index (χ1v) is 6.83. The highest BCUT2D eigenvalue weighted by Gasteiger charge is 2.22. The van der Waals surface area contributed by atoms with Gasteiger partial charge in [-0.3, -0.25) is 4.90 Å². The molecule has 0 aromatic heterocycles. The topological polar surface area (TPSA) is 35.5 Å². The molecule has 0 unspecified atom stereocenters. The van der Waals surface area contributed by atoms with E-state index in [4.69, 9.17) is 0 Å². The normalized spacial score (nSPS) is 18.2. The Kier molecular flexibility index (Phi) is 6.60. The molecule has 3 nitrogen and oxygen atoms in total. The lowest BCUT2D eigenvalue weighted by molar-refractivity contribution is 0.110. The number of nitrogens with zero attached hydrogens (tertiary/aromatic N) is 1. The summed E-state index contributed by atoms with van der Waals surface area (Å²) in [7, 11) is 0. The summed E-state index contributed by atoms with van der Waals surface area (Å²) >= 11 is 3.51. The van der Waals surface area contributed by atoms with E-state index in [-0.39, 0.29) is 25.1 Å². The molecule has 0 radical (unpaired) electrons. The average molecular weight is 336 g/mol. The zero-order valence-electron chi connectivity index (χ0n) is 10.5. The van der Waals surface area contributed by atoms with Crippen LogP contribution in [0.25, 0.3) is 0 Å². The molecule has 1 aromatic rings. The van der Waals surface area contributed by atoms with Gasteiger partial charge < -0.3 is 10.4 Å². The Hall–Kier alpha value is -0.130. The third kappa shape index (κ3) is 3.68. The number of piperazine rings is 1. The van der Waals surface area contributed by atoms with Crippen molar-refractivity contribution in [2.45, 2.75) is 13.0 Å². The minimum Gasteiger partial charge on any atom is -0.394 e. The van der Waals surface area contributed by atoms with Gasteiger partial charge in [-0.05, 0) is 30.2 Å². The van der Waals surface area contributed by atoms with Gasteiger partial charge >= 0.3 is 0 Å². The van der Waals surface area contributed by atoms with E-state index < -0.39 is 0 Å². The van der Waals surface area contributed by atoms with Crippen LogP contribution in [-0.2, 0) is 0 Å². The first-order chi connectivity index (χ1) is 8.22. The van der Waals surface area contributed by atoms with E-state index in [1.807, 2.05) is 6.07 Å². The van der Waals surface area contributed by atoms with E-state index in [0.29, 0.717) is 0 Å². The number of rotatable bonds is 3. The third-order valence-electron chi connectivity index (χ3n) is 3.37. The Labute approximate surface area is 123 Å². The van der Waals surface area contributed by atoms with Gasteiger partial charge in [-0.1, -0.05) is 22.0 Å². The number of aliphatic hydroxyl groups excluding tert-OH is 1. The standard InChI is InChI=1S/C13H19BrN2O.ClH/c1-10-2-3-11(14)8-12(10)13(9-17)16-6-4-15-5-7-16;/h2-3,8,13,15,17H,4-7,9H2,1H3;1H/t13-;/m0./s1. The number of hydrogen-bond acceptors (Lipinski definition) is 3. The van der Waals surface area contributed by atoms with E-state index in [1.165, 1.54) is 11.1 Å². The summed E-state index contributed by atoms with van der Waals surface area (Å²) in [5, 5.41) is 13.0. The lowest BCUT2D eigenvalue weighted by Crippen LogP contribution is -2.46. The van der Waals surface area contributed by atoms with Crippen molar-refractivity contribution in [3.05, 3.63) is 33.8 Å². The zero-order valence-corrected chi connectivity index (χ0v) is 12.9. The van der Waals surface area contributed by atoms with Crippen molar-refractivity contribution in [1.29, 1.82) is 0 Å². The maximum Gasteiger partial charge on any atom is 0.0628 e. The van der Waals surface area contributed by atoms with Gasteiger partial charge in [0.05, 0.1) is 12.6 Å². The summed E-state index contributed by atoms with van der Waals surface area (Å²) in [5.41, 5.74) is 2.47. The monoisotopic (exact) mass is 334 g/mol. The number of nitrogens with one attached hydrogen (secondary N) is 1. The van der Waals surface area contributed by atoms with Crippen molar-refractivity contribution in [3.8, 4) is 0 Å². The molecular weight excluding hydrogens is 316 g/mol. The molecule has 0 bridgehead atoms. The van der Waals surface area contributed by atoms with Crippen molar-refractivity contribution in [2.24, 2.45) is 0 Å². The average Bonchev–Trinajstić information content (AvgIpc) is 2.36. The number of benzene rings is 1. The Morgan fingerprint density at radius 2 is 2.06 bits per heavy atom. The van der Waals surface area contributed by atoms with Gasteiger partial charge in [0.2, 0.25) is 0 Å². The van der Waals surface area contributed by atoms with Crippen molar-refractivity contribution in [3.63, 3.8) is 0 Å². The molecular formula is C13H20BrClN2O. The fraction of sp³-hybridized carbons (Fsp3) is 0.538. The second-order valence-corrected chi connectivity index (χ2v) is 5.40. The maximum atomic E-state index is 9.67. The molecule has 1 aliphatic rings. The molecule has 1 fully saturated rings. The Bertz CT molecular complexity index is 383. The van der Waals surface area contributed by atoms with Gasteiger partial charge in [-0.2, -0.15) is 0 Å². The van der Waals surface area contributed by atoms with Gasteiger partial charge in [0.1, 0.15) is 0 Å². The fourth-order valence-corrected chi connectivity index (χ4v) is 2.75. The van der Waals surface area contributed by atoms with Gasteiger partial charge in [0, 0.05) is 30.7 Å². The van der Waals surface area contributed by atoms with Gasteiger partial charge in [0.25, 0.3) is 0 Å². The van der Waals surface area contributed by atoms with Crippen LogP contribution in [0.1, 0.15) is 17.2 Å². The predicted molar refractivity (Wildman–Crippen MR) is 80.4 cm³/mol. The lowest BCUT2D eigenvalue weighted by Gasteiger charge is -2.34. The molecule has 1 atom stereocenters.